The van der Waals surface area contributed by atoms with Crippen molar-refractivity contribution in [1.29, 1.82) is 0 Å². The quantitative estimate of drug-likeness (QED) is 0.329. The molecule has 18 heavy (non-hydrogen) atoms. The summed E-state index contributed by atoms with van der Waals surface area (Å²) in [6, 6.07) is 1.67. The van der Waals surface area contributed by atoms with Gasteiger partial charge in [0, 0.05) is 25.9 Å². The Hall–Kier alpha value is -1.89. The molecule has 0 fully saturated rings. The van der Waals surface area contributed by atoms with Gasteiger partial charge in [0.05, 0.1) is 6.61 Å². The van der Waals surface area contributed by atoms with E-state index in [0.717, 1.165) is 12.2 Å². The summed E-state index contributed by atoms with van der Waals surface area (Å²) in [4.78, 5) is 10.6. The van der Waals surface area contributed by atoms with Gasteiger partial charge < -0.3 is 20.6 Å². The first-order valence-corrected chi connectivity index (χ1v) is 5.69. The zero-order chi connectivity index (χ0) is 13.5. The van der Waals surface area contributed by atoms with Crippen LogP contribution in [0, 0.1) is 6.92 Å². The molecule has 0 amide bonds. The summed E-state index contributed by atoms with van der Waals surface area (Å²) >= 11 is 0. The van der Waals surface area contributed by atoms with Crippen molar-refractivity contribution in [3.05, 3.63) is 17.5 Å². The van der Waals surface area contributed by atoms with E-state index in [4.69, 9.17) is 15.7 Å². The zero-order valence-corrected chi connectivity index (χ0v) is 10.9. The minimum absolute atomic E-state index is 0.0236. The average molecular weight is 253 g/mol. The van der Waals surface area contributed by atoms with Crippen LogP contribution in [0.5, 0.6) is 0 Å². The number of oxime groups is 1. The number of hydrogen-bond acceptors (Lipinski definition) is 6. The molecule has 7 heteroatoms. The van der Waals surface area contributed by atoms with Crippen LogP contribution in [-0.4, -0.2) is 47.8 Å². The van der Waals surface area contributed by atoms with Crippen molar-refractivity contribution in [2.24, 2.45) is 10.9 Å². The van der Waals surface area contributed by atoms with Crippen LogP contribution in [0.25, 0.3) is 0 Å². The first-order valence-electron chi connectivity index (χ1n) is 5.69. The first kappa shape index (κ1) is 14.2. The maximum atomic E-state index is 8.68. The molecule has 7 nitrogen and oxygen atoms in total. The average Bonchev–Trinajstić information content (AvgIpc) is 2.38. The number of amidine groups is 1. The van der Waals surface area contributed by atoms with E-state index in [0.29, 0.717) is 24.8 Å². The minimum atomic E-state index is -0.0236. The third kappa shape index (κ3) is 3.56. The van der Waals surface area contributed by atoms with Gasteiger partial charge in [-0.25, -0.2) is 9.97 Å². The number of rotatable bonds is 6. The van der Waals surface area contributed by atoms with E-state index in [9.17, 15) is 0 Å². The Bertz CT molecular complexity index is 422. The van der Waals surface area contributed by atoms with Crippen molar-refractivity contribution < 1.29 is 9.94 Å². The van der Waals surface area contributed by atoms with Gasteiger partial charge in [-0.2, -0.15) is 0 Å². The van der Waals surface area contributed by atoms with Gasteiger partial charge in [0.15, 0.2) is 5.84 Å². The van der Waals surface area contributed by atoms with E-state index >= 15 is 0 Å². The maximum Gasteiger partial charge on any atom is 0.226 e. The molecule has 100 valence electrons. The van der Waals surface area contributed by atoms with Gasteiger partial charge in [0.25, 0.3) is 0 Å². The molecule has 0 bridgehead atoms. The van der Waals surface area contributed by atoms with E-state index < -0.39 is 0 Å². The van der Waals surface area contributed by atoms with Crippen LogP contribution in [0.15, 0.2) is 11.2 Å². The fraction of sp³-hybridized carbons (Fsp3) is 0.545. The molecule has 0 saturated carbocycles. The molecule has 0 spiro atoms. The summed E-state index contributed by atoms with van der Waals surface area (Å²) in [6.07, 6.45) is 0. The second-order valence-corrected chi connectivity index (χ2v) is 3.75. The second kappa shape index (κ2) is 6.75. The number of hydrogen-bond donors (Lipinski definition) is 2. The van der Waals surface area contributed by atoms with Crippen molar-refractivity contribution in [3.8, 4) is 0 Å². The molecule has 0 aliphatic heterocycles. The van der Waals surface area contributed by atoms with Crippen LogP contribution < -0.4 is 10.6 Å². The van der Waals surface area contributed by atoms with Gasteiger partial charge in [-0.3, -0.25) is 0 Å². The molecule has 1 aromatic rings. The predicted molar refractivity (Wildman–Crippen MR) is 69.0 cm³/mol. The Morgan fingerprint density at radius 3 is 2.83 bits per heavy atom. The standard InChI is InChI=1S/C11H19N5O2/c1-4-16(5-6-18-3)11-13-8(2)7-9(14-11)10(12)15-17/h7,17H,4-6H2,1-3H3,(H2,12,15). The normalized spacial score (nSPS) is 11.6. The van der Waals surface area contributed by atoms with Crippen LogP contribution in [0.1, 0.15) is 18.3 Å². The lowest BCUT2D eigenvalue weighted by atomic mass is 10.3. The number of nitrogens with two attached hydrogens (primary N) is 1. The highest BCUT2D eigenvalue weighted by molar-refractivity contribution is 5.95. The number of likely N-dealkylation sites (N-methyl/N-ethyl adjacent to an activating group) is 1. The smallest absolute Gasteiger partial charge is 0.226 e. The van der Waals surface area contributed by atoms with Crippen LogP contribution >= 0.6 is 0 Å². The highest BCUT2D eigenvalue weighted by Gasteiger charge is 2.11. The van der Waals surface area contributed by atoms with E-state index in [1.165, 1.54) is 0 Å². The summed E-state index contributed by atoms with van der Waals surface area (Å²) in [5.74, 6) is 0.528. The lowest BCUT2D eigenvalue weighted by molar-refractivity contribution is 0.205. The Kier molecular flexibility index (Phi) is 5.31. The third-order valence-corrected chi connectivity index (χ3v) is 2.44. The van der Waals surface area contributed by atoms with Crippen LogP contribution in [0.4, 0.5) is 5.95 Å². The molecule has 0 aliphatic rings. The van der Waals surface area contributed by atoms with Gasteiger partial charge in [-0.05, 0) is 19.9 Å². The molecule has 0 aliphatic carbocycles. The number of aryl methyl sites for hydroxylation is 1. The molecule has 3 N–H and O–H groups in total. The lowest BCUT2D eigenvalue weighted by Gasteiger charge is -2.21. The SMILES string of the molecule is CCN(CCOC)c1nc(C)cc(/C(N)=N/O)n1. The predicted octanol–water partition coefficient (Wildman–Crippen LogP) is 0.352. The van der Waals surface area contributed by atoms with E-state index in [2.05, 4.69) is 15.1 Å². The molecule has 1 heterocycles. The highest BCUT2D eigenvalue weighted by atomic mass is 16.5. The van der Waals surface area contributed by atoms with Crippen LogP contribution in [0.3, 0.4) is 0 Å². The summed E-state index contributed by atoms with van der Waals surface area (Å²) in [5, 5.41) is 11.6. The van der Waals surface area contributed by atoms with Crippen molar-refractivity contribution in [2.75, 3.05) is 31.7 Å². The fourth-order valence-electron chi connectivity index (χ4n) is 1.48. The molecule has 0 unspecified atom stereocenters. The first-order chi connectivity index (χ1) is 8.62. The van der Waals surface area contributed by atoms with E-state index in [1.807, 2.05) is 18.7 Å². The van der Waals surface area contributed by atoms with Gasteiger partial charge in [0.2, 0.25) is 5.95 Å². The van der Waals surface area contributed by atoms with Crippen LogP contribution in [-0.2, 0) is 4.74 Å². The molecule has 1 aromatic heterocycles. The highest BCUT2D eigenvalue weighted by Crippen LogP contribution is 2.10. The summed E-state index contributed by atoms with van der Waals surface area (Å²) in [7, 11) is 1.65. The molecular formula is C11H19N5O2. The summed E-state index contributed by atoms with van der Waals surface area (Å²) < 4.78 is 5.04. The minimum Gasteiger partial charge on any atom is -0.409 e. The Morgan fingerprint density at radius 1 is 1.56 bits per heavy atom. The maximum absolute atomic E-state index is 8.68. The van der Waals surface area contributed by atoms with Crippen molar-refractivity contribution >= 4 is 11.8 Å². The van der Waals surface area contributed by atoms with E-state index in [-0.39, 0.29) is 5.84 Å². The number of aromatic nitrogens is 2. The summed E-state index contributed by atoms with van der Waals surface area (Å²) in [5.41, 5.74) is 6.71. The molecule has 0 saturated heterocycles. The number of nitrogens with zero attached hydrogens (tertiary/aromatic N) is 4. The van der Waals surface area contributed by atoms with E-state index in [1.54, 1.807) is 13.2 Å². The molecule has 0 atom stereocenters. The molecular weight excluding hydrogens is 234 g/mol. The monoisotopic (exact) mass is 253 g/mol. The largest absolute Gasteiger partial charge is 0.409 e. The Balaban J connectivity index is 3.03. The van der Waals surface area contributed by atoms with Gasteiger partial charge in [-0.1, -0.05) is 5.16 Å². The van der Waals surface area contributed by atoms with Gasteiger partial charge in [0.1, 0.15) is 5.69 Å². The van der Waals surface area contributed by atoms with Crippen LogP contribution in [0.2, 0.25) is 0 Å². The van der Waals surface area contributed by atoms with Crippen molar-refractivity contribution in [3.63, 3.8) is 0 Å². The number of ether oxygens (including phenoxy) is 1. The Morgan fingerprint density at radius 2 is 2.28 bits per heavy atom. The number of methoxy groups -OCH3 is 1. The van der Waals surface area contributed by atoms with Crippen molar-refractivity contribution in [1.82, 2.24) is 9.97 Å². The van der Waals surface area contributed by atoms with Crippen molar-refractivity contribution in [2.45, 2.75) is 13.8 Å². The molecule has 0 radical (unpaired) electrons. The second-order valence-electron chi connectivity index (χ2n) is 3.75. The molecule has 1 rings (SSSR count). The number of anilines is 1. The summed E-state index contributed by atoms with van der Waals surface area (Å²) in [6.45, 7) is 5.87. The fourth-order valence-corrected chi connectivity index (χ4v) is 1.48. The molecule has 0 aromatic carbocycles. The van der Waals surface area contributed by atoms with Gasteiger partial charge in [-0.15, -0.1) is 0 Å². The topological polar surface area (TPSA) is 96.9 Å². The lowest BCUT2D eigenvalue weighted by Crippen LogP contribution is -2.30. The Labute approximate surface area is 106 Å². The zero-order valence-electron chi connectivity index (χ0n) is 10.9. The third-order valence-electron chi connectivity index (χ3n) is 2.44. The van der Waals surface area contributed by atoms with Gasteiger partial charge >= 0.3 is 0 Å².